The Morgan fingerprint density at radius 3 is 2.81 bits per heavy atom. The number of aryl methyl sites for hydroxylation is 1. The summed E-state index contributed by atoms with van der Waals surface area (Å²) in [5, 5.41) is 15.0. The second-order valence-electron chi connectivity index (χ2n) is 5.21. The summed E-state index contributed by atoms with van der Waals surface area (Å²) in [5.74, 6) is 0. The van der Waals surface area contributed by atoms with Gasteiger partial charge in [-0.1, -0.05) is 36.4 Å². The molecule has 5 nitrogen and oxygen atoms in total. The monoisotopic (exact) mass is 277 g/mol. The summed E-state index contributed by atoms with van der Waals surface area (Å²) in [6, 6.07) is 17.1. The van der Waals surface area contributed by atoms with Gasteiger partial charge in [-0.3, -0.25) is 0 Å². The Labute approximate surface area is 122 Å². The zero-order valence-electron chi connectivity index (χ0n) is 11.5. The summed E-state index contributed by atoms with van der Waals surface area (Å²) >= 11 is 0. The van der Waals surface area contributed by atoms with E-state index in [0.29, 0.717) is 6.04 Å². The Hall–Kier alpha value is -2.69. The van der Waals surface area contributed by atoms with Crippen molar-refractivity contribution in [2.24, 2.45) is 0 Å². The van der Waals surface area contributed by atoms with Gasteiger partial charge in [0.1, 0.15) is 6.33 Å². The zero-order valence-corrected chi connectivity index (χ0v) is 11.5. The number of hydrogen-bond acceptors (Lipinski definition) is 4. The molecule has 1 N–H and O–H groups in total. The van der Waals surface area contributed by atoms with Gasteiger partial charge in [-0.15, -0.1) is 5.10 Å². The molecule has 1 aromatic heterocycles. The number of benzene rings is 2. The highest BCUT2D eigenvalue weighted by Gasteiger charge is 2.22. The molecule has 1 aliphatic carbocycles. The van der Waals surface area contributed by atoms with Crippen LogP contribution in [-0.2, 0) is 6.42 Å². The van der Waals surface area contributed by atoms with Crippen LogP contribution in [-0.4, -0.2) is 20.2 Å². The van der Waals surface area contributed by atoms with Crippen LogP contribution < -0.4 is 5.32 Å². The van der Waals surface area contributed by atoms with Gasteiger partial charge >= 0.3 is 0 Å². The molecule has 0 aliphatic heterocycles. The summed E-state index contributed by atoms with van der Waals surface area (Å²) in [6.07, 6.45) is 3.85. The number of aromatic nitrogens is 4. The maximum atomic E-state index is 3.98. The van der Waals surface area contributed by atoms with E-state index in [1.807, 2.05) is 18.2 Å². The number of para-hydroxylation sites is 2. The lowest BCUT2D eigenvalue weighted by atomic mass is 10.1. The van der Waals surface area contributed by atoms with Crippen LogP contribution in [0.1, 0.15) is 23.6 Å². The maximum absolute atomic E-state index is 3.98. The van der Waals surface area contributed by atoms with E-state index >= 15 is 0 Å². The third kappa shape index (κ3) is 2.16. The first-order valence-electron chi connectivity index (χ1n) is 7.08. The van der Waals surface area contributed by atoms with Gasteiger partial charge in [-0.25, -0.2) is 0 Å². The van der Waals surface area contributed by atoms with Gasteiger partial charge < -0.3 is 5.32 Å². The second kappa shape index (κ2) is 5.01. The largest absolute Gasteiger partial charge is 0.376 e. The van der Waals surface area contributed by atoms with E-state index in [4.69, 9.17) is 0 Å². The number of rotatable bonds is 3. The molecule has 5 heteroatoms. The van der Waals surface area contributed by atoms with Crippen LogP contribution in [0.15, 0.2) is 54.9 Å². The Bertz CT molecular complexity index is 751. The van der Waals surface area contributed by atoms with E-state index in [9.17, 15) is 0 Å². The average Bonchev–Trinajstić information content (AvgIpc) is 3.18. The van der Waals surface area contributed by atoms with Crippen LogP contribution in [0.5, 0.6) is 0 Å². The van der Waals surface area contributed by atoms with Crippen LogP contribution in [0.25, 0.3) is 5.69 Å². The highest BCUT2D eigenvalue weighted by atomic mass is 15.5. The minimum atomic E-state index is 0.346. The first-order chi connectivity index (χ1) is 10.4. The Morgan fingerprint density at radius 2 is 1.90 bits per heavy atom. The molecule has 4 rings (SSSR count). The predicted molar refractivity (Wildman–Crippen MR) is 80.3 cm³/mol. The lowest BCUT2D eigenvalue weighted by Gasteiger charge is -2.18. The Morgan fingerprint density at radius 1 is 1.05 bits per heavy atom. The molecule has 0 amide bonds. The molecule has 0 spiro atoms. The summed E-state index contributed by atoms with van der Waals surface area (Å²) in [6.45, 7) is 0. The normalized spacial score (nSPS) is 16.7. The van der Waals surface area contributed by atoms with Crippen molar-refractivity contribution in [2.75, 3.05) is 5.32 Å². The predicted octanol–water partition coefficient (Wildman–Crippen LogP) is 2.76. The lowest BCUT2D eigenvalue weighted by Crippen LogP contribution is -2.10. The summed E-state index contributed by atoms with van der Waals surface area (Å²) in [5.41, 5.74) is 4.84. The molecule has 21 heavy (non-hydrogen) atoms. The van der Waals surface area contributed by atoms with Crippen molar-refractivity contribution in [3.05, 3.63) is 66.0 Å². The van der Waals surface area contributed by atoms with Crippen molar-refractivity contribution >= 4 is 5.69 Å². The number of nitrogens with zero attached hydrogens (tertiary/aromatic N) is 4. The van der Waals surface area contributed by atoms with Crippen LogP contribution in [0.4, 0.5) is 5.69 Å². The zero-order chi connectivity index (χ0) is 14.1. The van der Waals surface area contributed by atoms with Gasteiger partial charge in [0.2, 0.25) is 0 Å². The SMILES string of the molecule is c1ccc2c(c1)CCC2Nc1ccccc1-n1cnnn1. The van der Waals surface area contributed by atoms with Gasteiger partial charge in [0.05, 0.1) is 17.4 Å². The molecule has 2 aromatic carbocycles. The van der Waals surface area contributed by atoms with Crippen molar-refractivity contribution in [3.8, 4) is 5.69 Å². The van der Waals surface area contributed by atoms with Crippen LogP contribution in [0, 0.1) is 0 Å². The van der Waals surface area contributed by atoms with Gasteiger partial charge in [-0.2, -0.15) is 4.68 Å². The van der Waals surface area contributed by atoms with E-state index in [1.54, 1.807) is 11.0 Å². The lowest BCUT2D eigenvalue weighted by molar-refractivity contribution is 0.752. The first kappa shape index (κ1) is 12.1. The molecule has 0 saturated heterocycles. The minimum Gasteiger partial charge on any atom is -0.376 e. The number of tetrazole rings is 1. The second-order valence-corrected chi connectivity index (χ2v) is 5.21. The van der Waals surface area contributed by atoms with Crippen LogP contribution >= 0.6 is 0 Å². The third-order valence-corrected chi connectivity index (χ3v) is 3.96. The van der Waals surface area contributed by atoms with Gasteiger partial charge in [0.15, 0.2) is 0 Å². The highest BCUT2D eigenvalue weighted by molar-refractivity contribution is 5.62. The standard InChI is InChI=1S/C16H15N5/c1-2-6-13-12(5-1)9-10-14(13)18-15-7-3-4-8-16(15)21-11-17-19-20-21/h1-8,11,14,18H,9-10H2. The fourth-order valence-corrected chi connectivity index (χ4v) is 2.96. The molecular formula is C16H15N5. The topological polar surface area (TPSA) is 55.6 Å². The van der Waals surface area contributed by atoms with Gasteiger partial charge in [0.25, 0.3) is 0 Å². The number of anilines is 1. The summed E-state index contributed by atoms with van der Waals surface area (Å²) in [7, 11) is 0. The molecule has 1 unspecified atom stereocenters. The van der Waals surface area contributed by atoms with Gasteiger partial charge in [0, 0.05) is 0 Å². The Balaban J connectivity index is 1.67. The van der Waals surface area contributed by atoms with E-state index in [2.05, 4.69) is 51.2 Å². The maximum Gasteiger partial charge on any atom is 0.143 e. The summed E-state index contributed by atoms with van der Waals surface area (Å²) in [4.78, 5) is 0. The van der Waals surface area contributed by atoms with Crippen LogP contribution in [0.3, 0.4) is 0 Å². The molecule has 104 valence electrons. The van der Waals surface area contributed by atoms with Crippen molar-refractivity contribution in [1.29, 1.82) is 0 Å². The fourth-order valence-electron chi connectivity index (χ4n) is 2.96. The molecule has 3 aromatic rings. The number of fused-ring (bicyclic) bond motifs is 1. The number of nitrogens with one attached hydrogen (secondary N) is 1. The smallest absolute Gasteiger partial charge is 0.143 e. The quantitative estimate of drug-likeness (QED) is 0.799. The highest BCUT2D eigenvalue weighted by Crippen LogP contribution is 2.34. The van der Waals surface area contributed by atoms with Crippen LogP contribution in [0.2, 0.25) is 0 Å². The van der Waals surface area contributed by atoms with Crippen molar-refractivity contribution in [3.63, 3.8) is 0 Å². The third-order valence-electron chi connectivity index (χ3n) is 3.96. The average molecular weight is 277 g/mol. The first-order valence-corrected chi connectivity index (χ1v) is 7.08. The minimum absolute atomic E-state index is 0.346. The molecule has 1 heterocycles. The molecule has 1 atom stereocenters. The molecule has 0 fully saturated rings. The van der Waals surface area contributed by atoms with E-state index in [1.165, 1.54) is 11.1 Å². The van der Waals surface area contributed by atoms with E-state index in [-0.39, 0.29) is 0 Å². The molecular weight excluding hydrogens is 262 g/mol. The molecule has 0 radical (unpaired) electrons. The number of hydrogen-bond donors (Lipinski definition) is 1. The van der Waals surface area contributed by atoms with Gasteiger partial charge in [-0.05, 0) is 46.5 Å². The summed E-state index contributed by atoms with van der Waals surface area (Å²) < 4.78 is 1.68. The molecule has 1 aliphatic rings. The molecule has 0 bridgehead atoms. The van der Waals surface area contributed by atoms with Crippen molar-refractivity contribution in [1.82, 2.24) is 20.2 Å². The van der Waals surface area contributed by atoms with E-state index < -0.39 is 0 Å². The van der Waals surface area contributed by atoms with E-state index in [0.717, 1.165) is 24.2 Å². The van der Waals surface area contributed by atoms with Crippen molar-refractivity contribution in [2.45, 2.75) is 18.9 Å². The fraction of sp³-hybridized carbons (Fsp3) is 0.188. The molecule has 0 saturated carbocycles. The Kier molecular flexibility index (Phi) is 2.88. The van der Waals surface area contributed by atoms with Crippen molar-refractivity contribution < 1.29 is 0 Å².